The van der Waals surface area contributed by atoms with Gasteiger partial charge >= 0.3 is 6.03 Å². The van der Waals surface area contributed by atoms with Gasteiger partial charge in [-0.05, 0) is 50.3 Å². The largest absolute Gasteiger partial charge is 0.352 e. The Morgan fingerprint density at radius 2 is 1.88 bits per heavy atom. The van der Waals surface area contributed by atoms with Crippen molar-refractivity contribution < 1.29 is 14.4 Å². The van der Waals surface area contributed by atoms with E-state index < -0.39 is 5.92 Å². The van der Waals surface area contributed by atoms with Crippen LogP contribution in [-0.4, -0.2) is 54.5 Å². The number of rotatable bonds is 4. The molecular weight excluding hydrogens is 406 g/mol. The van der Waals surface area contributed by atoms with Gasteiger partial charge in [0.1, 0.15) is 0 Å². The molecule has 1 aromatic carbocycles. The zero-order chi connectivity index (χ0) is 22.8. The number of anilines is 2. The molecule has 0 bridgehead atoms. The van der Waals surface area contributed by atoms with E-state index in [1.807, 2.05) is 18.7 Å². The minimum absolute atomic E-state index is 0.119. The molecule has 1 aromatic rings. The number of likely N-dealkylation sites (tertiary alicyclic amines) is 1. The summed E-state index contributed by atoms with van der Waals surface area (Å²) in [4.78, 5) is 42.4. The molecule has 4 rings (SSSR count). The van der Waals surface area contributed by atoms with E-state index >= 15 is 0 Å². The molecule has 1 saturated carbocycles. The summed E-state index contributed by atoms with van der Waals surface area (Å²) in [6.45, 7) is 5.59. The van der Waals surface area contributed by atoms with Crippen molar-refractivity contribution in [1.82, 2.24) is 10.2 Å². The van der Waals surface area contributed by atoms with Crippen molar-refractivity contribution in [2.24, 2.45) is 17.6 Å². The first-order chi connectivity index (χ1) is 15.3. The monoisotopic (exact) mass is 441 g/mol. The molecule has 2 unspecified atom stereocenters. The van der Waals surface area contributed by atoms with E-state index in [0.29, 0.717) is 36.6 Å². The van der Waals surface area contributed by atoms with Crippen molar-refractivity contribution in [3.05, 3.63) is 23.8 Å². The Hall–Kier alpha value is -2.61. The average Bonchev–Trinajstić information content (AvgIpc) is 2.84. The number of benzene rings is 1. The van der Waals surface area contributed by atoms with E-state index in [9.17, 15) is 14.4 Å². The molecular formula is C24H35N5O3. The molecule has 4 N–H and O–H groups in total. The number of amides is 4. The summed E-state index contributed by atoms with van der Waals surface area (Å²) in [5.41, 5.74) is 7.62. The van der Waals surface area contributed by atoms with Gasteiger partial charge in [0.15, 0.2) is 0 Å². The highest BCUT2D eigenvalue weighted by molar-refractivity contribution is 6.06. The van der Waals surface area contributed by atoms with Crippen LogP contribution >= 0.6 is 0 Å². The topological polar surface area (TPSA) is 108 Å². The second-order valence-corrected chi connectivity index (χ2v) is 9.57. The predicted octanol–water partition coefficient (Wildman–Crippen LogP) is 2.93. The number of hydrogen-bond acceptors (Lipinski definition) is 4. The van der Waals surface area contributed by atoms with Gasteiger partial charge in [-0.25, -0.2) is 4.79 Å². The van der Waals surface area contributed by atoms with Gasteiger partial charge in [-0.15, -0.1) is 0 Å². The van der Waals surface area contributed by atoms with Crippen molar-refractivity contribution in [2.75, 3.05) is 29.9 Å². The van der Waals surface area contributed by atoms with Crippen LogP contribution in [0.15, 0.2) is 18.2 Å². The second kappa shape index (κ2) is 9.48. The Bertz CT molecular complexity index is 876. The molecule has 0 spiro atoms. The number of nitrogens with one attached hydrogen (secondary N) is 2. The fourth-order valence-corrected chi connectivity index (χ4v) is 4.69. The second-order valence-electron chi connectivity index (χ2n) is 9.57. The predicted molar refractivity (Wildman–Crippen MR) is 125 cm³/mol. The van der Waals surface area contributed by atoms with Crippen molar-refractivity contribution in [1.29, 1.82) is 0 Å². The third kappa shape index (κ3) is 4.60. The summed E-state index contributed by atoms with van der Waals surface area (Å²) in [6.07, 6.45) is 6.35. The number of piperidine rings is 1. The van der Waals surface area contributed by atoms with E-state index in [0.717, 1.165) is 25.2 Å². The minimum Gasteiger partial charge on any atom is -0.352 e. The number of fused-ring (bicyclic) bond motifs is 1. The maximum Gasteiger partial charge on any atom is 0.324 e. The van der Waals surface area contributed by atoms with Gasteiger partial charge in [-0.2, -0.15) is 0 Å². The van der Waals surface area contributed by atoms with Crippen molar-refractivity contribution in [3.8, 4) is 0 Å². The molecule has 3 aliphatic rings. The average molecular weight is 442 g/mol. The lowest BCUT2D eigenvalue weighted by molar-refractivity contribution is -0.119. The normalized spacial score (nSPS) is 24.3. The number of hydrogen-bond donors (Lipinski definition) is 3. The summed E-state index contributed by atoms with van der Waals surface area (Å²) >= 11 is 0. The van der Waals surface area contributed by atoms with Crippen LogP contribution in [0.1, 0.15) is 62.7 Å². The van der Waals surface area contributed by atoms with Gasteiger partial charge in [-0.3, -0.25) is 14.5 Å². The Morgan fingerprint density at radius 1 is 1.16 bits per heavy atom. The molecule has 2 fully saturated rings. The first-order valence-electron chi connectivity index (χ1n) is 11.9. The van der Waals surface area contributed by atoms with Crippen LogP contribution in [0.3, 0.4) is 0 Å². The Kier molecular flexibility index (Phi) is 6.69. The summed E-state index contributed by atoms with van der Waals surface area (Å²) in [7, 11) is 0. The zero-order valence-electron chi connectivity index (χ0n) is 19.1. The van der Waals surface area contributed by atoms with Gasteiger partial charge in [0.25, 0.3) is 5.91 Å². The van der Waals surface area contributed by atoms with Crippen LogP contribution in [0.5, 0.6) is 0 Å². The van der Waals surface area contributed by atoms with Gasteiger partial charge in [0.2, 0.25) is 5.91 Å². The smallest absolute Gasteiger partial charge is 0.324 e. The highest BCUT2D eigenvalue weighted by atomic mass is 16.2. The Balaban J connectivity index is 1.55. The number of carbonyl (C=O) groups excluding carboxylic acids is 3. The molecule has 2 atom stereocenters. The summed E-state index contributed by atoms with van der Waals surface area (Å²) in [6, 6.07) is 4.88. The summed E-state index contributed by atoms with van der Waals surface area (Å²) < 4.78 is 0. The van der Waals surface area contributed by atoms with E-state index in [1.165, 1.54) is 19.3 Å². The Morgan fingerprint density at radius 3 is 2.53 bits per heavy atom. The Labute approximate surface area is 189 Å². The molecule has 1 saturated heterocycles. The third-order valence-corrected chi connectivity index (χ3v) is 7.40. The lowest BCUT2D eigenvalue weighted by Crippen LogP contribution is -2.53. The molecule has 8 nitrogen and oxygen atoms in total. The van der Waals surface area contributed by atoms with Crippen LogP contribution in [0.2, 0.25) is 0 Å². The maximum atomic E-state index is 13.5. The number of nitrogens with two attached hydrogens (primary N) is 1. The lowest BCUT2D eigenvalue weighted by atomic mass is 9.83. The zero-order valence-corrected chi connectivity index (χ0v) is 19.1. The van der Waals surface area contributed by atoms with Crippen LogP contribution in [0.4, 0.5) is 16.2 Å². The quantitative estimate of drug-likeness (QED) is 0.668. The van der Waals surface area contributed by atoms with Crippen LogP contribution in [0.25, 0.3) is 0 Å². The van der Waals surface area contributed by atoms with Crippen molar-refractivity contribution in [3.63, 3.8) is 0 Å². The first-order valence-corrected chi connectivity index (χ1v) is 11.9. The highest BCUT2D eigenvalue weighted by Gasteiger charge is 2.37. The maximum absolute atomic E-state index is 13.5. The van der Waals surface area contributed by atoms with E-state index in [1.54, 1.807) is 23.1 Å². The lowest BCUT2D eigenvalue weighted by Gasteiger charge is -2.38. The van der Waals surface area contributed by atoms with E-state index in [2.05, 4.69) is 10.6 Å². The van der Waals surface area contributed by atoms with E-state index in [4.69, 9.17) is 5.73 Å². The SMILES string of the molecule is CC1C(=O)Nc2cc(C(=O)NCCC3CCC3)ccc2N(C(=O)N2CCC(N)CC2)C1C. The van der Waals surface area contributed by atoms with E-state index in [-0.39, 0.29) is 29.9 Å². The standard InChI is InChI=1S/C24H35N5O3/c1-15-16(2)29(24(32)28-12-9-19(25)10-13-28)21-7-6-18(14-20(21)27-22(15)30)23(31)26-11-8-17-4-3-5-17/h6-7,14-17,19H,3-5,8-13,25H2,1-2H3,(H,26,31)(H,27,30). The summed E-state index contributed by atoms with van der Waals surface area (Å²) in [5, 5.41) is 5.92. The number of urea groups is 1. The van der Waals surface area contributed by atoms with Crippen LogP contribution in [0, 0.1) is 11.8 Å². The van der Waals surface area contributed by atoms with Crippen LogP contribution in [-0.2, 0) is 4.79 Å². The first kappa shape index (κ1) is 22.6. The number of carbonyl (C=O) groups is 3. The highest BCUT2D eigenvalue weighted by Crippen LogP contribution is 2.35. The van der Waals surface area contributed by atoms with Gasteiger partial charge in [0.05, 0.1) is 17.3 Å². The van der Waals surface area contributed by atoms with Crippen molar-refractivity contribution in [2.45, 2.75) is 64.5 Å². The van der Waals surface area contributed by atoms with Gasteiger partial charge in [-0.1, -0.05) is 26.2 Å². The molecule has 32 heavy (non-hydrogen) atoms. The minimum atomic E-state index is -0.391. The molecule has 2 aliphatic heterocycles. The van der Waals surface area contributed by atoms with Gasteiger partial charge in [0, 0.05) is 37.3 Å². The third-order valence-electron chi connectivity index (χ3n) is 7.40. The van der Waals surface area contributed by atoms with Crippen LogP contribution < -0.4 is 21.3 Å². The summed E-state index contributed by atoms with van der Waals surface area (Å²) in [5.74, 6) is 0.0264. The molecule has 8 heteroatoms. The molecule has 0 radical (unpaired) electrons. The molecule has 0 aromatic heterocycles. The fraction of sp³-hybridized carbons (Fsp3) is 0.625. The molecule has 2 heterocycles. The number of nitrogens with zero attached hydrogens (tertiary/aromatic N) is 2. The fourth-order valence-electron chi connectivity index (χ4n) is 4.69. The molecule has 174 valence electrons. The van der Waals surface area contributed by atoms with Crippen molar-refractivity contribution >= 4 is 29.2 Å². The van der Waals surface area contributed by atoms with Gasteiger partial charge < -0.3 is 21.3 Å². The molecule has 4 amide bonds. The molecule has 1 aliphatic carbocycles.